The number of benzene rings is 1. The smallest absolute Gasteiger partial charge is 0.225 e. The highest BCUT2D eigenvalue weighted by molar-refractivity contribution is 5.79. The molecule has 0 saturated carbocycles. The molecule has 0 spiro atoms. The Bertz CT molecular complexity index is 366. The minimum Gasteiger partial charge on any atom is -0.394 e. The molecule has 1 unspecified atom stereocenters. The Morgan fingerprint density at radius 1 is 1.38 bits per heavy atom. The van der Waals surface area contributed by atoms with Crippen molar-refractivity contribution in [1.82, 2.24) is 4.90 Å². The minimum absolute atomic E-state index is 0.101. The Kier molecular flexibility index (Phi) is 3.22. The van der Waals surface area contributed by atoms with Gasteiger partial charge >= 0.3 is 0 Å². The number of nitrogens with zero attached hydrogens (tertiary/aromatic N) is 1. The molecule has 1 saturated heterocycles. The molecule has 0 aromatic heterocycles. The lowest BCUT2D eigenvalue weighted by atomic mass is 10.1. The van der Waals surface area contributed by atoms with Crippen molar-refractivity contribution in [1.29, 1.82) is 0 Å². The number of β-amino-alcohol motifs (C(OH)–C–C–N with tert-alkyl or cyclic N) is 1. The summed E-state index contributed by atoms with van der Waals surface area (Å²) < 4.78 is 0. The second-order valence-electron chi connectivity index (χ2n) is 4.01. The molecule has 86 valence electrons. The van der Waals surface area contributed by atoms with Gasteiger partial charge in [0.2, 0.25) is 5.91 Å². The highest BCUT2D eigenvalue weighted by Gasteiger charge is 2.33. The van der Waals surface area contributed by atoms with Crippen molar-refractivity contribution in [2.24, 2.45) is 0 Å². The molecular weight excluding hydrogens is 206 g/mol. The molecule has 2 atom stereocenters. The van der Waals surface area contributed by atoms with Crippen LogP contribution < -0.4 is 0 Å². The zero-order valence-corrected chi connectivity index (χ0v) is 8.91. The highest BCUT2D eigenvalue weighted by atomic mass is 16.3. The molecule has 0 bridgehead atoms. The van der Waals surface area contributed by atoms with Crippen LogP contribution >= 0.6 is 0 Å². The first kappa shape index (κ1) is 11.1. The zero-order chi connectivity index (χ0) is 11.5. The number of aliphatic hydroxyl groups is 2. The molecule has 1 amide bonds. The topological polar surface area (TPSA) is 60.8 Å². The number of amides is 1. The van der Waals surface area contributed by atoms with E-state index in [9.17, 15) is 15.0 Å². The molecule has 2 rings (SSSR count). The Morgan fingerprint density at radius 3 is 2.56 bits per heavy atom. The SMILES string of the molecule is O=C1CC(O)CN1[C@@H](CO)c1ccccc1. The molecule has 1 aromatic carbocycles. The van der Waals surface area contributed by atoms with Gasteiger partial charge in [-0.15, -0.1) is 0 Å². The van der Waals surface area contributed by atoms with Gasteiger partial charge in [0.25, 0.3) is 0 Å². The normalized spacial score (nSPS) is 22.5. The minimum atomic E-state index is -0.606. The molecule has 0 aliphatic carbocycles. The van der Waals surface area contributed by atoms with Crippen molar-refractivity contribution in [2.75, 3.05) is 13.2 Å². The van der Waals surface area contributed by atoms with Crippen LogP contribution in [-0.4, -0.2) is 40.3 Å². The summed E-state index contributed by atoms with van der Waals surface area (Å²) in [5.74, 6) is -0.101. The zero-order valence-electron chi connectivity index (χ0n) is 8.91. The first-order valence-electron chi connectivity index (χ1n) is 5.35. The van der Waals surface area contributed by atoms with E-state index in [4.69, 9.17) is 0 Å². The average molecular weight is 221 g/mol. The fourth-order valence-corrected chi connectivity index (χ4v) is 2.07. The van der Waals surface area contributed by atoms with Gasteiger partial charge in [-0.05, 0) is 5.56 Å². The Balaban J connectivity index is 2.20. The third kappa shape index (κ3) is 2.08. The number of carbonyl (C=O) groups is 1. The fraction of sp³-hybridized carbons (Fsp3) is 0.417. The number of carbonyl (C=O) groups excluding carboxylic acids is 1. The maximum absolute atomic E-state index is 11.6. The standard InChI is InChI=1S/C12H15NO3/c14-8-11(9-4-2-1-3-5-9)13-7-10(15)6-12(13)16/h1-5,10-11,14-15H,6-8H2/t10?,11-/m0/s1. The molecule has 1 aromatic rings. The molecule has 4 heteroatoms. The van der Waals surface area contributed by atoms with E-state index < -0.39 is 6.10 Å². The quantitative estimate of drug-likeness (QED) is 0.772. The summed E-state index contributed by atoms with van der Waals surface area (Å²) in [5, 5.41) is 18.8. The molecule has 1 aliphatic rings. The van der Waals surface area contributed by atoms with Crippen molar-refractivity contribution in [3.63, 3.8) is 0 Å². The Labute approximate surface area is 94.1 Å². The van der Waals surface area contributed by atoms with Crippen LogP contribution in [0.4, 0.5) is 0 Å². The maximum Gasteiger partial charge on any atom is 0.225 e. The molecule has 2 N–H and O–H groups in total. The van der Waals surface area contributed by atoms with Crippen molar-refractivity contribution >= 4 is 5.91 Å². The fourth-order valence-electron chi connectivity index (χ4n) is 2.07. The first-order valence-corrected chi connectivity index (χ1v) is 5.35. The van der Waals surface area contributed by atoms with Crippen LogP contribution in [0.1, 0.15) is 18.0 Å². The second-order valence-corrected chi connectivity index (χ2v) is 4.01. The van der Waals surface area contributed by atoms with Crippen LogP contribution in [0, 0.1) is 0 Å². The monoisotopic (exact) mass is 221 g/mol. The number of hydrogen-bond donors (Lipinski definition) is 2. The molecule has 1 heterocycles. The summed E-state index contributed by atoms with van der Waals surface area (Å²) in [6, 6.07) is 9.03. The predicted molar refractivity (Wildman–Crippen MR) is 58.6 cm³/mol. The van der Waals surface area contributed by atoms with E-state index in [1.54, 1.807) is 4.90 Å². The number of likely N-dealkylation sites (tertiary alicyclic amines) is 1. The van der Waals surface area contributed by atoms with Crippen LogP contribution in [0.15, 0.2) is 30.3 Å². The molecule has 4 nitrogen and oxygen atoms in total. The third-order valence-corrected chi connectivity index (χ3v) is 2.87. The van der Waals surface area contributed by atoms with Crippen molar-refractivity contribution in [3.05, 3.63) is 35.9 Å². The van der Waals surface area contributed by atoms with Crippen LogP contribution in [0.25, 0.3) is 0 Å². The lowest BCUT2D eigenvalue weighted by molar-refractivity contribution is -0.130. The van der Waals surface area contributed by atoms with Gasteiger partial charge in [0.1, 0.15) is 0 Å². The van der Waals surface area contributed by atoms with Gasteiger partial charge in [-0.25, -0.2) is 0 Å². The summed E-state index contributed by atoms with van der Waals surface area (Å²) in [5.41, 5.74) is 0.896. The molecular formula is C12H15NO3. The van der Waals surface area contributed by atoms with Crippen LogP contribution in [0.3, 0.4) is 0 Å². The van der Waals surface area contributed by atoms with E-state index in [0.717, 1.165) is 5.56 Å². The van der Waals surface area contributed by atoms with Crippen molar-refractivity contribution < 1.29 is 15.0 Å². The van der Waals surface area contributed by atoms with Crippen molar-refractivity contribution in [2.45, 2.75) is 18.6 Å². The van der Waals surface area contributed by atoms with E-state index in [-0.39, 0.29) is 25.0 Å². The third-order valence-electron chi connectivity index (χ3n) is 2.87. The van der Waals surface area contributed by atoms with Crippen LogP contribution in [0.5, 0.6) is 0 Å². The lowest BCUT2D eigenvalue weighted by Gasteiger charge is -2.26. The summed E-state index contributed by atoms with van der Waals surface area (Å²) in [6.45, 7) is 0.182. The summed E-state index contributed by atoms with van der Waals surface area (Å²) >= 11 is 0. The van der Waals surface area contributed by atoms with E-state index in [1.807, 2.05) is 30.3 Å². The molecule has 1 fully saturated rings. The average Bonchev–Trinajstić information content (AvgIpc) is 2.61. The summed E-state index contributed by atoms with van der Waals surface area (Å²) in [7, 11) is 0. The van der Waals surface area contributed by atoms with Gasteiger partial charge in [-0.2, -0.15) is 0 Å². The predicted octanol–water partition coefficient (Wildman–Crippen LogP) is 0.313. The summed E-state index contributed by atoms with van der Waals surface area (Å²) in [4.78, 5) is 13.2. The van der Waals surface area contributed by atoms with Gasteiger partial charge in [0.05, 0.1) is 25.2 Å². The van der Waals surface area contributed by atoms with Crippen LogP contribution in [0.2, 0.25) is 0 Å². The number of rotatable bonds is 3. The van der Waals surface area contributed by atoms with Crippen LogP contribution in [-0.2, 0) is 4.79 Å². The van der Waals surface area contributed by atoms with E-state index in [2.05, 4.69) is 0 Å². The second kappa shape index (κ2) is 4.63. The maximum atomic E-state index is 11.6. The number of aliphatic hydroxyl groups excluding tert-OH is 2. The first-order chi connectivity index (χ1) is 7.72. The molecule has 1 aliphatic heterocycles. The molecule has 0 radical (unpaired) electrons. The largest absolute Gasteiger partial charge is 0.394 e. The Hall–Kier alpha value is -1.39. The Morgan fingerprint density at radius 2 is 2.06 bits per heavy atom. The van der Waals surface area contributed by atoms with Gasteiger partial charge in [-0.1, -0.05) is 30.3 Å². The highest BCUT2D eigenvalue weighted by Crippen LogP contribution is 2.25. The van der Waals surface area contributed by atoms with E-state index >= 15 is 0 Å². The van der Waals surface area contributed by atoms with Crippen molar-refractivity contribution in [3.8, 4) is 0 Å². The van der Waals surface area contributed by atoms with Gasteiger partial charge in [-0.3, -0.25) is 4.79 Å². The number of hydrogen-bond acceptors (Lipinski definition) is 3. The van der Waals surface area contributed by atoms with E-state index in [0.29, 0.717) is 6.54 Å². The summed E-state index contributed by atoms with van der Waals surface area (Å²) in [6.07, 6.45) is -0.450. The van der Waals surface area contributed by atoms with Gasteiger partial charge < -0.3 is 15.1 Å². The molecule has 16 heavy (non-hydrogen) atoms. The van der Waals surface area contributed by atoms with E-state index in [1.165, 1.54) is 0 Å². The van der Waals surface area contributed by atoms with Gasteiger partial charge in [0, 0.05) is 6.54 Å². The lowest BCUT2D eigenvalue weighted by Crippen LogP contribution is -2.33. The van der Waals surface area contributed by atoms with Gasteiger partial charge in [0.15, 0.2) is 0 Å².